The number of sulfone groups is 1. The van der Waals surface area contributed by atoms with Crippen LogP contribution in [0.15, 0.2) is 52.3 Å². The third-order valence-corrected chi connectivity index (χ3v) is 7.05. The molecule has 2 aromatic rings. The average molecular weight is 577 g/mol. The number of hydrogen-bond donors (Lipinski definition) is 2. The summed E-state index contributed by atoms with van der Waals surface area (Å²) in [6.07, 6.45) is -5.19. The van der Waals surface area contributed by atoms with E-state index in [1.165, 1.54) is 29.2 Å². The van der Waals surface area contributed by atoms with Crippen molar-refractivity contribution < 1.29 is 56.1 Å². The number of hydrogen-bond acceptors (Lipinski definition) is 10. The normalized spacial score (nSPS) is 13.5. The molecule has 0 spiro atoms. The van der Waals surface area contributed by atoms with Gasteiger partial charge in [0.1, 0.15) is 18.1 Å². The highest BCUT2D eigenvalue weighted by atomic mass is 32.2. The lowest BCUT2D eigenvalue weighted by molar-refractivity contribution is -0.661. The Labute approximate surface area is 219 Å². The SMILES string of the molecule is COC(=O)CNc1cc([N+](=O)[O-])c(C(=O)N2CC[NH2+]CC2)cc1S(=O)(=O)c1ccccc1.O=C([O-])C(F)(F)F. The molecule has 1 saturated heterocycles. The largest absolute Gasteiger partial charge is 0.542 e. The number of methoxy groups -OCH3 is 1. The van der Waals surface area contributed by atoms with E-state index in [0.717, 1.165) is 19.2 Å². The number of alkyl halides is 3. The fraction of sp³-hybridized carbons (Fsp3) is 0.318. The van der Waals surface area contributed by atoms with Crippen molar-refractivity contribution in [1.82, 2.24) is 4.90 Å². The van der Waals surface area contributed by atoms with E-state index in [1.54, 1.807) is 6.07 Å². The first-order valence-electron chi connectivity index (χ1n) is 11.0. The van der Waals surface area contributed by atoms with Crippen LogP contribution in [0.3, 0.4) is 0 Å². The maximum atomic E-state index is 13.3. The molecule has 39 heavy (non-hydrogen) atoms. The predicted octanol–water partition coefficient (Wildman–Crippen LogP) is -0.670. The number of rotatable bonds is 7. The van der Waals surface area contributed by atoms with Gasteiger partial charge in [0.05, 0.1) is 53.7 Å². The number of carbonyl (C=O) groups is 3. The summed E-state index contributed by atoms with van der Waals surface area (Å²) in [4.78, 5) is 45.5. The number of piperazine rings is 1. The van der Waals surface area contributed by atoms with Crippen LogP contribution in [0.2, 0.25) is 0 Å². The van der Waals surface area contributed by atoms with Gasteiger partial charge in [-0.25, -0.2) is 8.42 Å². The van der Waals surface area contributed by atoms with Crippen LogP contribution < -0.4 is 15.7 Å². The summed E-state index contributed by atoms with van der Waals surface area (Å²) >= 11 is 0. The first-order chi connectivity index (χ1) is 18.2. The molecule has 1 heterocycles. The fourth-order valence-electron chi connectivity index (χ4n) is 3.34. The molecular weight excluding hydrogens is 553 g/mol. The van der Waals surface area contributed by atoms with Crippen LogP contribution in [-0.4, -0.2) is 82.1 Å². The number of halogens is 3. The molecule has 0 radical (unpaired) electrons. The van der Waals surface area contributed by atoms with E-state index in [0.29, 0.717) is 26.2 Å². The van der Waals surface area contributed by atoms with Crippen molar-refractivity contribution in [2.24, 2.45) is 0 Å². The number of nitro groups is 1. The van der Waals surface area contributed by atoms with Crippen LogP contribution >= 0.6 is 0 Å². The van der Waals surface area contributed by atoms with Crippen LogP contribution in [0.5, 0.6) is 0 Å². The molecule has 3 N–H and O–H groups in total. The molecule has 1 amide bonds. The molecule has 13 nitrogen and oxygen atoms in total. The molecule has 0 aliphatic carbocycles. The predicted molar refractivity (Wildman–Crippen MR) is 124 cm³/mol. The molecule has 1 fully saturated rings. The Morgan fingerprint density at radius 1 is 1.13 bits per heavy atom. The molecule has 0 bridgehead atoms. The van der Waals surface area contributed by atoms with Crippen LogP contribution in [0.1, 0.15) is 10.4 Å². The summed E-state index contributed by atoms with van der Waals surface area (Å²) in [5.74, 6) is -4.32. The van der Waals surface area contributed by atoms with Crippen LogP contribution in [-0.2, 0) is 24.2 Å². The Kier molecular flexibility index (Phi) is 10.3. The third-order valence-electron chi connectivity index (χ3n) is 5.24. The highest BCUT2D eigenvalue weighted by Crippen LogP contribution is 2.34. The lowest BCUT2D eigenvalue weighted by Crippen LogP contribution is -2.89. The first-order valence-corrected chi connectivity index (χ1v) is 12.5. The quantitative estimate of drug-likeness (QED) is 0.243. The van der Waals surface area contributed by atoms with E-state index in [1.807, 2.05) is 5.32 Å². The molecule has 0 atom stereocenters. The summed E-state index contributed by atoms with van der Waals surface area (Å²) in [5.41, 5.74) is -1.05. The summed E-state index contributed by atoms with van der Waals surface area (Å²) in [7, 11) is -3.01. The minimum Gasteiger partial charge on any atom is -0.542 e. The minimum absolute atomic E-state index is 0.0547. The molecule has 0 saturated carbocycles. The summed E-state index contributed by atoms with van der Waals surface area (Å²) in [5, 5.41) is 25.1. The van der Waals surface area contributed by atoms with E-state index in [4.69, 9.17) is 9.90 Å². The minimum atomic E-state index is -5.19. The van der Waals surface area contributed by atoms with Gasteiger partial charge in [-0.05, 0) is 18.2 Å². The van der Waals surface area contributed by atoms with Crippen molar-refractivity contribution in [2.75, 3.05) is 45.2 Å². The van der Waals surface area contributed by atoms with E-state index in [9.17, 15) is 41.3 Å². The molecule has 3 rings (SSSR count). The number of nitro benzene ring substituents is 1. The highest BCUT2D eigenvalue weighted by molar-refractivity contribution is 7.91. The number of anilines is 1. The van der Waals surface area contributed by atoms with Gasteiger partial charge in [0.15, 0.2) is 0 Å². The molecule has 17 heteroatoms. The number of esters is 1. The van der Waals surface area contributed by atoms with Gasteiger partial charge in [0.25, 0.3) is 11.6 Å². The first kappa shape index (κ1) is 31.0. The summed E-state index contributed by atoms with van der Waals surface area (Å²) in [6, 6.07) is 9.47. The number of quaternary nitrogens is 1. The second-order valence-electron chi connectivity index (χ2n) is 7.81. The maximum Gasteiger partial charge on any atom is 0.430 e. The topological polar surface area (TPSA) is 193 Å². The Morgan fingerprint density at radius 3 is 2.18 bits per heavy atom. The number of benzene rings is 2. The Hall–Kier alpha value is -4.25. The fourth-order valence-corrected chi connectivity index (χ4v) is 4.80. The van der Waals surface area contributed by atoms with Crippen molar-refractivity contribution in [1.29, 1.82) is 0 Å². The number of carbonyl (C=O) groups excluding carboxylic acids is 3. The van der Waals surface area contributed by atoms with Crippen molar-refractivity contribution in [3.8, 4) is 0 Å². The van der Waals surface area contributed by atoms with Crippen molar-refractivity contribution in [3.05, 3.63) is 58.1 Å². The number of ether oxygens (including phenoxy) is 1. The average Bonchev–Trinajstić information content (AvgIpc) is 2.91. The van der Waals surface area contributed by atoms with Gasteiger partial charge in [-0.3, -0.25) is 19.7 Å². The van der Waals surface area contributed by atoms with Gasteiger partial charge in [-0.2, -0.15) is 13.2 Å². The second-order valence-corrected chi connectivity index (χ2v) is 9.73. The summed E-state index contributed by atoms with van der Waals surface area (Å²) in [6.45, 7) is 1.65. The van der Waals surface area contributed by atoms with Gasteiger partial charge >= 0.3 is 12.1 Å². The van der Waals surface area contributed by atoms with Crippen molar-refractivity contribution >= 4 is 39.1 Å². The summed E-state index contributed by atoms with van der Waals surface area (Å²) < 4.78 is 62.8. The zero-order valence-corrected chi connectivity index (χ0v) is 21.1. The lowest BCUT2D eigenvalue weighted by Gasteiger charge is -2.25. The Balaban J connectivity index is 0.000000673. The molecule has 2 aromatic carbocycles. The van der Waals surface area contributed by atoms with E-state index >= 15 is 0 Å². The Bertz CT molecular complexity index is 1330. The molecule has 212 valence electrons. The van der Waals surface area contributed by atoms with Crippen molar-refractivity contribution in [2.45, 2.75) is 16.0 Å². The molecule has 0 unspecified atom stereocenters. The number of carboxylic acids is 1. The van der Waals surface area contributed by atoms with Gasteiger partial charge in [0, 0.05) is 6.07 Å². The number of nitrogens with zero attached hydrogens (tertiary/aromatic N) is 2. The van der Waals surface area contributed by atoms with E-state index in [-0.39, 0.29) is 21.0 Å². The number of carboxylic acid groups (broad SMARTS) is 1. The number of amides is 1. The zero-order valence-electron chi connectivity index (χ0n) is 20.3. The van der Waals surface area contributed by atoms with E-state index < -0.39 is 51.0 Å². The number of aliphatic carboxylic acids is 1. The van der Waals surface area contributed by atoms with Crippen molar-refractivity contribution in [3.63, 3.8) is 0 Å². The van der Waals surface area contributed by atoms with Crippen LogP contribution in [0.25, 0.3) is 0 Å². The third kappa shape index (κ3) is 8.11. The van der Waals surface area contributed by atoms with Gasteiger partial charge < -0.3 is 30.2 Å². The lowest BCUT2D eigenvalue weighted by atomic mass is 10.1. The van der Waals surface area contributed by atoms with E-state index in [2.05, 4.69) is 10.1 Å². The number of nitrogens with two attached hydrogens (primary N) is 1. The zero-order chi connectivity index (χ0) is 29.4. The van der Waals surface area contributed by atoms with Crippen LogP contribution in [0.4, 0.5) is 24.5 Å². The van der Waals surface area contributed by atoms with Gasteiger partial charge in [-0.15, -0.1) is 0 Å². The molecule has 1 aliphatic rings. The highest BCUT2D eigenvalue weighted by Gasteiger charge is 2.32. The maximum absolute atomic E-state index is 13.3. The Morgan fingerprint density at radius 2 is 1.69 bits per heavy atom. The smallest absolute Gasteiger partial charge is 0.430 e. The molecule has 0 aromatic heterocycles. The molecule has 1 aliphatic heterocycles. The molecular formula is C22H23F3N4O9S. The van der Waals surface area contributed by atoms with Crippen LogP contribution in [0, 0.1) is 10.1 Å². The van der Waals surface area contributed by atoms with Gasteiger partial charge in [0.2, 0.25) is 9.84 Å². The monoisotopic (exact) mass is 576 g/mol. The number of nitrogens with one attached hydrogen (secondary N) is 1. The van der Waals surface area contributed by atoms with Gasteiger partial charge in [-0.1, -0.05) is 18.2 Å². The standard InChI is InChI=1S/C20H22N4O7S.C2HF3O2/c1-31-19(25)13-22-16-12-17(24(27)28)15(20(26)23-9-7-21-8-10-23)11-18(16)32(29,30)14-5-3-2-4-6-14;3-2(4,5)1(6)7/h2-6,11-12,21-22H,7-10,13H2,1H3;(H,6,7). The second kappa shape index (κ2) is 13.0.